The number of hydrogen-bond donors (Lipinski definition) is 0. The number of carbonyl (C=O) groups excluding carboxylic acids is 3. The molecule has 0 saturated carbocycles. The number of benzene rings is 2. The van der Waals surface area contributed by atoms with Crippen molar-refractivity contribution in [2.45, 2.75) is 65.3 Å². The Labute approximate surface area is 209 Å². The van der Waals surface area contributed by atoms with Crippen LogP contribution in [0, 0.1) is 17.7 Å². The van der Waals surface area contributed by atoms with Gasteiger partial charge in [0.25, 0.3) is 5.79 Å². The van der Waals surface area contributed by atoms with Gasteiger partial charge in [0.15, 0.2) is 5.92 Å². The Morgan fingerprint density at radius 2 is 1.69 bits per heavy atom. The third-order valence-electron chi connectivity index (χ3n) is 5.42. The first-order valence-corrected chi connectivity index (χ1v) is 11.8. The Morgan fingerprint density at radius 1 is 1.09 bits per heavy atom. The quantitative estimate of drug-likeness (QED) is 0.346. The lowest BCUT2D eigenvalue weighted by Gasteiger charge is -2.34. The van der Waals surface area contributed by atoms with E-state index in [0.29, 0.717) is 22.6 Å². The van der Waals surface area contributed by atoms with E-state index in [-0.39, 0.29) is 18.7 Å². The maximum Gasteiger partial charge on any atom is 0.323 e. The van der Waals surface area contributed by atoms with Gasteiger partial charge in [0.2, 0.25) is 0 Å². The average molecular weight is 505 g/mol. The molecule has 1 saturated heterocycles. The molecule has 0 N–H and O–H groups in total. The predicted molar refractivity (Wildman–Crippen MR) is 129 cm³/mol. The smallest absolute Gasteiger partial charge is 0.323 e. The zero-order valence-corrected chi connectivity index (χ0v) is 21.3. The Balaban J connectivity index is 1.79. The number of ether oxygens (including phenoxy) is 3. The molecule has 35 heavy (non-hydrogen) atoms. The van der Waals surface area contributed by atoms with E-state index in [0.717, 1.165) is 5.56 Å². The molecule has 0 bridgehead atoms. The molecule has 1 aliphatic rings. The van der Waals surface area contributed by atoms with Crippen LogP contribution in [0.15, 0.2) is 42.5 Å². The molecule has 3 rings (SSSR count). The molecule has 0 unspecified atom stereocenters. The van der Waals surface area contributed by atoms with E-state index in [1.807, 2.05) is 12.1 Å². The van der Waals surface area contributed by atoms with E-state index in [1.165, 1.54) is 26.0 Å². The fraction of sp³-hybridized carbons (Fsp3) is 0.444. The molecule has 0 amide bonds. The normalized spacial score (nSPS) is 16.9. The lowest BCUT2D eigenvalue weighted by molar-refractivity contribution is -0.240. The van der Waals surface area contributed by atoms with E-state index in [2.05, 4.69) is 0 Å². The summed E-state index contributed by atoms with van der Waals surface area (Å²) >= 11 is 6.01. The van der Waals surface area contributed by atoms with Gasteiger partial charge in [-0.2, -0.15) is 0 Å². The molecule has 0 radical (unpaired) electrons. The first kappa shape index (κ1) is 26.7. The van der Waals surface area contributed by atoms with Crippen molar-refractivity contribution in [1.82, 2.24) is 0 Å². The summed E-state index contributed by atoms with van der Waals surface area (Å²) in [6.07, 6.45) is 0.456. The molecule has 6 nitrogen and oxygen atoms in total. The highest BCUT2D eigenvalue weighted by Gasteiger charge is 2.44. The highest BCUT2D eigenvalue weighted by molar-refractivity contribution is 6.30. The van der Waals surface area contributed by atoms with Gasteiger partial charge in [0, 0.05) is 30.9 Å². The molecule has 0 aromatic heterocycles. The number of halogens is 2. The molecular weight excluding hydrogens is 475 g/mol. The van der Waals surface area contributed by atoms with Gasteiger partial charge in [0.1, 0.15) is 11.4 Å². The molecule has 0 spiro atoms. The van der Waals surface area contributed by atoms with Gasteiger partial charge in [-0.1, -0.05) is 35.9 Å². The minimum Gasteiger partial charge on any atom is -0.460 e. The van der Waals surface area contributed by atoms with Crippen LogP contribution >= 0.6 is 11.6 Å². The van der Waals surface area contributed by atoms with E-state index in [4.69, 9.17) is 25.8 Å². The number of cyclic esters (lactones) is 2. The monoisotopic (exact) mass is 504 g/mol. The minimum atomic E-state index is -1.32. The van der Waals surface area contributed by atoms with Gasteiger partial charge >= 0.3 is 17.9 Å². The van der Waals surface area contributed by atoms with Crippen molar-refractivity contribution in [3.05, 3.63) is 58.9 Å². The van der Waals surface area contributed by atoms with Crippen LogP contribution < -0.4 is 0 Å². The van der Waals surface area contributed by atoms with Crippen molar-refractivity contribution in [1.29, 1.82) is 0 Å². The zero-order valence-electron chi connectivity index (χ0n) is 20.5. The van der Waals surface area contributed by atoms with Gasteiger partial charge in [-0.25, -0.2) is 4.39 Å². The van der Waals surface area contributed by atoms with Crippen LogP contribution in [-0.4, -0.2) is 29.3 Å². The zero-order chi connectivity index (χ0) is 26.0. The van der Waals surface area contributed by atoms with Crippen LogP contribution in [0.3, 0.4) is 0 Å². The van der Waals surface area contributed by atoms with Gasteiger partial charge in [-0.15, -0.1) is 0 Å². The van der Waals surface area contributed by atoms with Gasteiger partial charge in [0.05, 0.1) is 0 Å². The summed E-state index contributed by atoms with van der Waals surface area (Å²) in [5, 5.41) is 0.428. The Hall–Kier alpha value is -2.93. The molecule has 1 aliphatic heterocycles. The molecular formula is C27H30ClFO6. The van der Waals surface area contributed by atoms with Crippen molar-refractivity contribution in [2.75, 3.05) is 0 Å². The fourth-order valence-corrected chi connectivity index (χ4v) is 4.17. The average Bonchev–Trinajstić information content (AvgIpc) is 2.71. The third-order valence-corrected chi connectivity index (χ3v) is 5.66. The minimum absolute atomic E-state index is 0.00238. The molecule has 188 valence electrons. The van der Waals surface area contributed by atoms with Crippen LogP contribution in [0.2, 0.25) is 5.02 Å². The standard InChI is InChI=1S/C27H30ClFO6/c1-26(2,3)33-23(30)14-17(13-21-24(31)34-27(4,5)35-25(21)32)12-16-6-8-18(9-7-16)20-15-19(28)10-11-22(20)29/h6-11,15,17,21H,12-14H2,1-5H3/t17-/m1/s1. The molecule has 1 heterocycles. The van der Waals surface area contributed by atoms with Gasteiger partial charge in [-0.05, 0) is 68.9 Å². The summed E-state index contributed by atoms with van der Waals surface area (Å²) in [5.74, 6) is -5.02. The first-order valence-electron chi connectivity index (χ1n) is 11.4. The first-order chi connectivity index (χ1) is 16.2. The summed E-state index contributed by atoms with van der Waals surface area (Å²) in [6, 6.07) is 11.5. The molecule has 2 aromatic rings. The molecule has 1 atom stereocenters. The van der Waals surface area contributed by atoms with Crippen molar-refractivity contribution >= 4 is 29.5 Å². The molecule has 2 aromatic carbocycles. The second kappa shape index (κ2) is 10.4. The van der Waals surface area contributed by atoms with Crippen LogP contribution in [0.25, 0.3) is 11.1 Å². The van der Waals surface area contributed by atoms with Crippen LogP contribution in [0.4, 0.5) is 4.39 Å². The number of hydrogen-bond acceptors (Lipinski definition) is 6. The maximum atomic E-state index is 14.2. The Kier molecular flexibility index (Phi) is 7.90. The second-order valence-electron chi connectivity index (χ2n) is 10.2. The molecule has 0 aliphatic carbocycles. The van der Waals surface area contributed by atoms with Crippen LogP contribution in [0.5, 0.6) is 0 Å². The van der Waals surface area contributed by atoms with E-state index in [9.17, 15) is 18.8 Å². The van der Waals surface area contributed by atoms with Crippen molar-refractivity contribution in [3.63, 3.8) is 0 Å². The highest BCUT2D eigenvalue weighted by atomic mass is 35.5. The number of carbonyl (C=O) groups is 3. The maximum absolute atomic E-state index is 14.2. The lowest BCUT2D eigenvalue weighted by atomic mass is 9.86. The Bertz CT molecular complexity index is 1080. The predicted octanol–water partition coefficient (Wildman–Crippen LogP) is 5.88. The van der Waals surface area contributed by atoms with Gasteiger partial charge in [-0.3, -0.25) is 14.4 Å². The summed E-state index contributed by atoms with van der Waals surface area (Å²) < 4.78 is 30.2. The summed E-state index contributed by atoms with van der Waals surface area (Å²) in [4.78, 5) is 37.6. The third kappa shape index (κ3) is 7.52. The summed E-state index contributed by atoms with van der Waals surface area (Å²) in [6.45, 7) is 8.28. The largest absolute Gasteiger partial charge is 0.460 e. The molecule has 8 heteroatoms. The number of rotatable bonds is 7. The fourth-order valence-electron chi connectivity index (χ4n) is 4.00. The molecule has 1 fully saturated rings. The van der Waals surface area contributed by atoms with Crippen LogP contribution in [-0.2, 0) is 35.0 Å². The number of esters is 3. The summed E-state index contributed by atoms with van der Waals surface area (Å²) in [5.41, 5.74) is 1.21. The van der Waals surface area contributed by atoms with E-state index < -0.39 is 41.1 Å². The van der Waals surface area contributed by atoms with E-state index >= 15 is 0 Å². The van der Waals surface area contributed by atoms with Crippen molar-refractivity contribution in [3.8, 4) is 11.1 Å². The van der Waals surface area contributed by atoms with Crippen molar-refractivity contribution < 1.29 is 33.0 Å². The Morgan fingerprint density at radius 3 is 2.26 bits per heavy atom. The van der Waals surface area contributed by atoms with Crippen molar-refractivity contribution in [2.24, 2.45) is 11.8 Å². The topological polar surface area (TPSA) is 78.9 Å². The van der Waals surface area contributed by atoms with Gasteiger partial charge < -0.3 is 14.2 Å². The SMILES string of the molecule is CC(C)(C)OC(=O)C[C@H](Cc1ccc(-c2cc(Cl)ccc2F)cc1)CC1C(=O)OC(C)(C)OC1=O. The second-order valence-corrected chi connectivity index (χ2v) is 10.6. The van der Waals surface area contributed by atoms with E-state index in [1.54, 1.807) is 39.0 Å². The van der Waals surface area contributed by atoms with Crippen LogP contribution in [0.1, 0.15) is 53.0 Å². The summed E-state index contributed by atoms with van der Waals surface area (Å²) in [7, 11) is 0. The highest BCUT2D eigenvalue weighted by Crippen LogP contribution is 2.31. The lowest BCUT2D eigenvalue weighted by Crippen LogP contribution is -2.47.